The van der Waals surface area contributed by atoms with E-state index in [4.69, 9.17) is 4.42 Å². The van der Waals surface area contributed by atoms with Crippen molar-refractivity contribution in [3.05, 3.63) is 53.7 Å². The van der Waals surface area contributed by atoms with Gasteiger partial charge in [0.05, 0.1) is 11.6 Å². The topological polar surface area (TPSA) is 88.8 Å². The number of rotatable bonds is 8. The number of hydrogen-bond acceptors (Lipinski definition) is 8. The highest BCUT2D eigenvalue weighted by atomic mass is 32.2. The van der Waals surface area contributed by atoms with Gasteiger partial charge in [0.25, 0.3) is 11.8 Å². The molecule has 0 aliphatic heterocycles. The number of aromatic nitrogens is 4. The normalized spacial score (nSPS) is 12.4. The van der Waals surface area contributed by atoms with Crippen LogP contribution in [0.15, 0.2) is 35.0 Å². The number of benzene rings is 1. The van der Waals surface area contributed by atoms with Crippen LogP contribution in [0.4, 0.5) is 23.5 Å². The van der Waals surface area contributed by atoms with Crippen molar-refractivity contribution in [3.8, 4) is 11.5 Å². The van der Waals surface area contributed by atoms with Crippen LogP contribution in [0.2, 0.25) is 0 Å². The second kappa shape index (κ2) is 8.97. The van der Waals surface area contributed by atoms with E-state index in [0.29, 0.717) is 6.54 Å². The van der Waals surface area contributed by atoms with Crippen molar-refractivity contribution in [2.45, 2.75) is 12.5 Å². The Morgan fingerprint density at radius 1 is 1.14 bits per heavy atom. The number of nitrogens with one attached hydrogen (secondary N) is 2. The Morgan fingerprint density at radius 2 is 1.89 bits per heavy atom. The molecule has 0 radical (unpaired) electrons. The van der Waals surface area contributed by atoms with Crippen LogP contribution in [0, 0.1) is 11.6 Å². The van der Waals surface area contributed by atoms with Crippen molar-refractivity contribution < 1.29 is 22.0 Å². The fourth-order valence-electron chi connectivity index (χ4n) is 2.30. The number of alkyl halides is 2. The van der Waals surface area contributed by atoms with Crippen LogP contribution in [0.3, 0.4) is 0 Å². The molecule has 0 aliphatic carbocycles. The van der Waals surface area contributed by atoms with Crippen LogP contribution in [0.5, 0.6) is 0 Å². The van der Waals surface area contributed by atoms with E-state index < -0.39 is 30.0 Å². The Balaban J connectivity index is 1.78. The summed E-state index contributed by atoms with van der Waals surface area (Å²) in [5, 5.41) is 9.69. The molecule has 0 spiro atoms. The Labute approximate surface area is 161 Å². The molecule has 0 fully saturated rings. The molecule has 2 N–H and O–H groups in total. The molecule has 0 aliphatic rings. The maximum Gasteiger partial charge on any atom is 0.314 e. The zero-order chi connectivity index (χ0) is 20.1. The maximum absolute atomic E-state index is 14.1. The summed E-state index contributed by atoms with van der Waals surface area (Å²) in [6.07, 6.45) is 1.54. The molecule has 0 amide bonds. The van der Waals surface area contributed by atoms with Crippen LogP contribution in [-0.4, -0.2) is 33.0 Å². The standard InChI is InChI=1S/C16H14F4N6OS/c1-28-23-7-12(10-3-2-9(17)4-11(10)18)24-16-21-5-8(6-22-16)14-25-26-15(27-14)13(19)20/h2-6,12-13,23H,7H2,1H3,(H,21,22,24). The first-order valence-corrected chi connectivity index (χ1v) is 9.11. The molecule has 148 valence electrons. The van der Waals surface area contributed by atoms with Crippen molar-refractivity contribution in [3.63, 3.8) is 0 Å². The third kappa shape index (κ3) is 4.75. The molecule has 28 heavy (non-hydrogen) atoms. The summed E-state index contributed by atoms with van der Waals surface area (Å²) in [5.74, 6) is -2.18. The van der Waals surface area contributed by atoms with Crippen molar-refractivity contribution in [2.75, 3.05) is 18.1 Å². The molecule has 0 bridgehead atoms. The van der Waals surface area contributed by atoms with Crippen molar-refractivity contribution >= 4 is 17.9 Å². The molecule has 3 aromatic rings. The molecule has 2 heterocycles. The molecule has 0 saturated heterocycles. The maximum atomic E-state index is 14.1. The van der Waals surface area contributed by atoms with E-state index in [-0.39, 0.29) is 23.0 Å². The highest BCUT2D eigenvalue weighted by Crippen LogP contribution is 2.24. The summed E-state index contributed by atoms with van der Waals surface area (Å²) in [6.45, 7) is 0.302. The van der Waals surface area contributed by atoms with E-state index in [1.165, 1.54) is 30.4 Å². The highest BCUT2D eigenvalue weighted by molar-refractivity contribution is 7.96. The molecule has 1 unspecified atom stereocenters. The molecule has 12 heteroatoms. The predicted molar refractivity (Wildman–Crippen MR) is 94.5 cm³/mol. The molecule has 0 saturated carbocycles. The third-order valence-corrected chi connectivity index (χ3v) is 4.05. The minimum absolute atomic E-state index is 0.146. The quantitative estimate of drug-likeness (QED) is 0.426. The van der Waals surface area contributed by atoms with Gasteiger partial charge in [-0.05, 0) is 12.3 Å². The number of nitrogens with zero attached hydrogens (tertiary/aromatic N) is 4. The van der Waals surface area contributed by atoms with Crippen LogP contribution in [0.1, 0.15) is 23.9 Å². The van der Waals surface area contributed by atoms with Crippen molar-refractivity contribution in [1.82, 2.24) is 24.9 Å². The van der Waals surface area contributed by atoms with Crippen LogP contribution < -0.4 is 10.0 Å². The van der Waals surface area contributed by atoms with Gasteiger partial charge in [0.1, 0.15) is 11.6 Å². The lowest BCUT2D eigenvalue weighted by Gasteiger charge is -2.19. The summed E-state index contributed by atoms with van der Waals surface area (Å²) in [5.41, 5.74) is 0.478. The van der Waals surface area contributed by atoms with Crippen LogP contribution in [0.25, 0.3) is 11.5 Å². The zero-order valence-corrected chi connectivity index (χ0v) is 15.2. The van der Waals surface area contributed by atoms with Gasteiger partial charge in [-0.2, -0.15) is 8.78 Å². The molecule has 1 atom stereocenters. The van der Waals surface area contributed by atoms with Gasteiger partial charge < -0.3 is 9.73 Å². The summed E-state index contributed by atoms with van der Waals surface area (Å²) >= 11 is 1.33. The largest absolute Gasteiger partial charge is 0.415 e. The lowest BCUT2D eigenvalue weighted by Crippen LogP contribution is -2.24. The van der Waals surface area contributed by atoms with E-state index in [2.05, 4.69) is 30.2 Å². The molecule has 3 rings (SSSR count). The second-order valence-corrected chi connectivity index (χ2v) is 6.15. The fraction of sp³-hybridized carbons (Fsp3) is 0.250. The smallest absolute Gasteiger partial charge is 0.314 e. The fourth-order valence-corrected chi connectivity index (χ4v) is 2.63. The summed E-state index contributed by atoms with van der Waals surface area (Å²) in [6, 6.07) is 2.70. The zero-order valence-electron chi connectivity index (χ0n) is 14.4. The molecule has 7 nitrogen and oxygen atoms in total. The third-order valence-electron chi connectivity index (χ3n) is 3.60. The molecule has 2 aromatic heterocycles. The Hall–Kier alpha value is -2.73. The average Bonchev–Trinajstić information content (AvgIpc) is 3.16. The van der Waals surface area contributed by atoms with Gasteiger partial charge in [-0.15, -0.1) is 10.2 Å². The number of halogens is 4. The van der Waals surface area contributed by atoms with E-state index in [1.807, 2.05) is 0 Å². The first-order valence-electron chi connectivity index (χ1n) is 7.89. The SMILES string of the molecule is CSNCC(Nc1ncc(-c2nnc(C(F)F)o2)cn1)c1ccc(F)cc1F. The molecular formula is C16H14F4N6OS. The Kier molecular flexibility index (Phi) is 6.41. The van der Waals surface area contributed by atoms with Crippen LogP contribution in [-0.2, 0) is 0 Å². The Morgan fingerprint density at radius 3 is 2.50 bits per heavy atom. The number of anilines is 1. The van der Waals surface area contributed by atoms with Gasteiger partial charge in [-0.1, -0.05) is 18.0 Å². The minimum atomic E-state index is -2.88. The summed E-state index contributed by atoms with van der Waals surface area (Å²) in [7, 11) is 0. The average molecular weight is 414 g/mol. The monoisotopic (exact) mass is 414 g/mol. The van der Waals surface area contributed by atoms with Gasteiger partial charge in [0.15, 0.2) is 0 Å². The highest BCUT2D eigenvalue weighted by Gasteiger charge is 2.19. The van der Waals surface area contributed by atoms with E-state index in [1.54, 1.807) is 6.26 Å². The van der Waals surface area contributed by atoms with Crippen LogP contribution >= 0.6 is 11.9 Å². The van der Waals surface area contributed by atoms with E-state index >= 15 is 0 Å². The van der Waals surface area contributed by atoms with Gasteiger partial charge >= 0.3 is 6.43 Å². The van der Waals surface area contributed by atoms with E-state index in [9.17, 15) is 17.6 Å². The van der Waals surface area contributed by atoms with E-state index in [0.717, 1.165) is 12.1 Å². The predicted octanol–water partition coefficient (Wildman–Crippen LogP) is 3.76. The minimum Gasteiger partial charge on any atom is -0.415 e. The summed E-state index contributed by atoms with van der Waals surface area (Å²) < 4.78 is 60.2. The van der Waals surface area contributed by atoms with Gasteiger partial charge in [-0.3, -0.25) is 4.72 Å². The first-order chi connectivity index (χ1) is 13.5. The van der Waals surface area contributed by atoms with Crippen molar-refractivity contribution in [1.29, 1.82) is 0 Å². The lowest BCUT2D eigenvalue weighted by molar-refractivity contribution is 0.116. The van der Waals surface area contributed by atoms with Gasteiger partial charge in [-0.25, -0.2) is 18.7 Å². The number of hydrogen-bond donors (Lipinski definition) is 2. The first kappa shape index (κ1) is 20.0. The summed E-state index contributed by atoms with van der Waals surface area (Å²) in [4.78, 5) is 8.12. The van der Waals surface area contributed by atoms with Gasteiger partial charge in [0.2, 0.25) is 5.95 Å². The lowest BCUT2D eigenvalue weighted by atomic mass is 10.1. The second-order valence-electron chi connectivity index (χ2n) is 5.46. The Bertz CT molecular complexity index is 924. The molecular weight excluding hydrogens is 400 g/mol. The molecule has 1 aromatic carbocycles. The van der Waals surface area contributed by atoms with Crippen molar-refractivity contribution in [2.24, 2.45) is 0 Å². The van der Waals surface area contributed by atoms with Gasteiger partial charge in [0, 0.05) is 30.6 Å².